The molecule has 0 aromatic rings. The number of nitrogens with zero attached hydrogens (tertiary/aromatic N) is 1. The fourth-order valence-corrected chi connectivity index (χ4v) is 3.56. The Bertz CT molecular complexity index is 359. The maximum Gasteiger partial charge on any atom is 0.317 e. The molecular weight excluding hydrogens is 266 g/mol. The van der Waals surface area contributed by atoms with Crippen molar-refractivity contribution in [3.63, 3.8) is 0 Å². The number of fused-ring (bicyclic) bond motifs is 1. The number of nitrogens with one attached hydrogen (secondary N) is 2. The lowest BCUT2D eigenvalue weighted by molar-refractivity contribution is -0.127. The van der Waals surface area contributed by atoms with E-state index >= 15 is 0 Å². The zero-order valence-electron chi connectivity index (χ0n) is 13.2. The van der Waals surface area contributed by atoms with Crippen LogP contribution in [0.2, 0.25) is 0 Å². The number of amides is 3. The van der Waals surface area contributed by atoms with Crippen molar-refractivity contribution >= 4 is 11.9 Å². The molecule has 0 spiro atoms. The van der Waals surface area contributed by atoms with E-state index in [4.69, 9.17) is 0 Å². The first-order valence-electron chi connectivity index (χ1n) is 8.56. The highest BCUT2D eigenvalue weighted by molar-refractivity contribution is 5.81. The van der Waals surface area contributed by atoms with Crippen LogP contribution in [0.1, 0.15) is 58.3 Å². The van der Waals surface area contributed by atoms with Crippen LogP contribution in [-0.4, -0.2) is 42.5 Å². The number of urea groups is 1. The Morgan fingerprint density at radius 2 is 1.95 bits per heavy atom. The largest absolute Gasteiger partial charge is 0.356 e. The highest BCUT2D eigenvalue weighted by Gasteiger charge is 2.36. The lowest BCUT2D eigenvalue weighted by atomic mass is 9.82. The van der Waals surface area contributed by atoms with Gasteiger partial charge in [-0.05, 0) is 32.6 Å². The van der Waals surface area contributed by atoms with E-state index in [1.54, 1.807) is 0 Å². The minimum absolute atomic E-state index is 0.00134. The standard InChI is InChI=1S/C16H29N3O2/c1-2-17-16(21)19-12-8-4-3-7-11-18-15(20)13-9-5-6-10-14(13)19/h13-14H,2-12H2,1H3,(H,17,21)(H,18,20). The van der Waals surface area contributed by atoms with Gasteiger partial charge in [0, 0.05) is 25.7 Å². The van der Waals surface area contributed by atoms with Gasteiger partial charge < -0.3 is 15.5 Å². The summed E-state index contributed by atoms with van der Waals surface area (Å²) in [6.45, 7) is 4.14. The van der Waals surface area contributed by atoms with E-state index in [9.17, 15) is 9.59 Å². The zero-order valence-corrected chi connectivity index (χ0v) is 13.2. The SMILES string of the molecule is CCNC(=O)N1CCCCCCNC(=O)C2CCCCC21. The zero-order chi connectivity index (χ0) is 15.1. The molecule has 5 nitrogen and oxygen atoms in total. The summed E-state index contributed by atoms with van der Waals surface area (Å²) in [5.41, 5.74) is 0. The Balaban J connectivity index is 2.15. The molecule has 1 aliphatic heterocycles. The molecule has 0 radical (unpaired) electrons. The van der Waals surface area contributed by atoms with Crippen molar-refractivity contribution in [2.45, 2.75) is 64.3 Å². The van der Waals surface area contributed by atoms with Gasteiger partial charge in [0.05, 0.1) is 5.92 Å². The van der Waals surface area contributed by atoms with E-state index in [-0.39, 0.29) is 23.9 Å². The maximum atomic E-state index is 12.4. The summed E-state index contributed by atoms with van der Waals surface area (Å²) in [6, 6.07) is 0.0739. The third kappa shape index (κ3) is 4.35. The Kier molecular flexibility index (Phi) is 6.33. The summed E-state index contributed by atoms with van der Waals surface area (Å²) in [7, 11) is 0. The van der Waals surface area contributed by atoms with Crippen molar-refractivity contribution in [3.05, 3.63) is 0 Å². The first-order valence-corrected chi connectivity index (χ1v) is 8.56. The number of carbonyl (C=O) groups is 2. The van der Waals surface area contributed by atoms with Crippen LogP contribution in [0.4, 0.5) is 4.79 Å². The van der Waals surface area contributed by atoms with Crippen LogP contribution in [0.3, 0.4) is 0 Å². The highest BCUT2D eigenvalue weighted by atomic mass is 16.2. The third-order valence-electron chi connectivity index (χ3n) is 4.68. The van der Waals surface area contributed by atoms with Gasteiger partial charge >= 0.3 is 6.03 Å². The monoisotopic (exact) mass is 295 g/mol. The van der Waals surface area contributed by atoms with E-state index in [1.807, 2.05) is 11.8 Å². The second-order valence-electron chi connectivity index (χ2n) is 6.19. The summed E-state index contributed by atoms with van der Waals surface area (Å²) in [6.07, 6.45) is 8.41. The summed E-state index contributed by atoms with van der Waals surface area (Å²) < 4.78 is 0. The molecule has 2 N–H and O–H groups in total. The van der Waals surface area contributed by atoms with Crippen molar-refractivity contribution in [2.24, 2.45) is 5.92 Å². The summed E-state index contributed by atoms with van der Waals surface area (Å²) >= 11 is 0. The molecule has 1 saturated carbocycles. The number of rotatable bonds is 1. The Hall–Kier alpha value is -1.26. The van der Waals surface area contributed by atoms with Crippen LogP contribution in [0.25, 0.3) is 0 Å². The Morgan fingerprint density at radius 3 is 2.76 bits per heavy atom. The van der Waals surface area contributed by atoms with Gasteiger partial charge in [0.25, 0.3) is 0 Å². The van der Waals surface area contributed by atoms with Crippen molar-refractivity contribution < 1.29 is 9.59 Å². The lowest BCUT2D eigenvalue weighted by Gasteiger charge is -2.39. The summed E-state index contributed by atoms with van der Waals surface area (Å²) in [5, 5.41) is 5.99. The second kappa shape index (κ2) is 8.25. The Morgan fingerprint density at radius 1 is 1.19 bits per heavy atom. The predicted octanol–water partition coefficient (Wildman–Crippen LogP) is 2.27. The summed E-state index contributed by atoms with van der Waals surface area (Å²) in [4.78, 5) is 26.8. The first-order chi connectivity index (χ1) is 10.2. The minimum Gasteiger partial charge on any atom is -0.356 e. The van der Waals surface area contributed by atoms with Crippen LogP contribution in [-0.2, 0) is 4.79 Å². The Labute approximate surface area is 127 Å². The first kappa shape index (κ1) is 16.1. The maximum absolute atomic E-state index is 12.4. The third-order valence-corrected chi connectivity index (χ3v) is 4.68. The molecule has 2 unspecified atom stereocenters. The van der Waals surface area contributed by atoms with Crippen LogP contribution >= 0.6 is 0 Å². The van der Waals surface area contributed by atoms with Gasteiger partial charge in [-0.3, -0.25) is 4.79 Å². The van der Waals surface area contributed by atoms with E-state index in [0.717, 1.165) is 64.5 Å². The van der Waals surface area contributed by atoms with Crippen molar-refractivity contribution in [3.8, 4) is 0 Å². The molecule has 5 heteroatoms. The molecular formula is C16H29N3O2. The molecule has 0 bridgehead atoms. The van der Waals surface area contributed by atoms with E-state index in [2.05, 4.69) is 10.6 Å². The van der Waals surface area contributed by atoms with Gasteiger partial charge in [0.1, 0.15) is 0 Å². The molecule has 3 amide bonds. The van der Waals surface area contributed by atoms with Crippen LogP contribution in [0.5, 0.6) is 0 Å². The quantitative estimate of drug-likeness (QED) is 0.779. The smallest absolute Gasteiger partial charge is 0.317 e. The fraction of sp³-hybridized carbons (Fsp3) is 0.875. The van der Waals surface area contributed by atoms with Crippen LogP contribution in [0, 0.1) is 5.92 Å². The van der Waals surface area contributed by atoms with E-state index < -0.39 is 0 Å². The molecule has 2 atom stereocenters. The van der Waals surface area contributed by atoms with Crippen LogP contribution in [0.15, 0.2) is 0 Å². The molecule has 0 aromatic carbocycles. The second-order valence-corrected chi connectivity index (χ2v) is 6.19. The molecule has 2 aliphatic rings. The highest BCUT2D eigenvalue weighted by Crippen LogP contribution is 2.29. The lowest BCUT2D eigenvalue weighted by Crippen LogP contribution is -2.53. The predicted molar refractivity (Wildman–Crippen MR) is 83.0 cm³/mol. The molecule has 1 saturated heterocycles. The van der Waals surface area contributed by atoms with Gasteiger partial charge in [-0.1, -0.05) is 25.7 Å². The fourth-order valence-electron chi connectivity index (χ4n) is 3.56. The van der Waals surface area contributed by atoms with Gasteiger partial charge in [-0.25, -0.2) is 4.79 Å². The number of carbonyl (C=O) groups excluding carboxylic acids is 2. The number of hydrogen-bond acceptors (Lipinski definition) is 2. The van der Waals surface area contributed by atoms with Gasteiger partial charge in [-0.15, -0.1) is 0 Å². The average Bonchev–Trinajstić information content (AvgIpc) is 2.53. The molecule has 1 heterocycles. The average molecular weight is 295 g/mol. The molecule has 0 aromatic heterocycles. The van der Waals surface area contributed by atoms with Gasteiger partial charge in [0.2, 0.25) is 5.91 Å². The molecule has 21 heavy (non-hydrogen) atoms. The summed E-state index contributed by atoms with van der Waals surface area (Å²) in [5.74, 6) is 0.121. The molecule has 1 aliphatic carbocycles. The molecule has 2 rings (SSSR count). The number of hydrogen-bond donors (Lipinski definition) is 2. The van der Waals surface area contributed by atoms with Crippen molar-refractivity contribution in [1.29, 1.82) is 0 Å². The van der Waals surface area contributed by atoms with Crippen molar-refractivity contribution in [2.75, 3.05) is 19.6 Å². The molecule has 120 valence electrons. The van der Waals surface area contributed by atoms with Crippen LogP contribution < -0.4 is 10.6 Å². The topological polar surface area (TPSA) is 61.4 Å². The normalized spacial score (nSPS) is 28.0. The van der Waals surface area contributed by atoms with Crippen molar-refractivity contribution in [1.82, 2.24) is 15.5 Å². The minimum atomic E-state index is -0.0283. The van der Waals surface area contributed by atoms with E-state index in [0.29, 0.717) is 6.54 Å². The van der Waals surface area contributed by atoms with E-state index in [1.165, 1.54) is 0 Å². The van der Waals surface area contributed by atoms with Gasteiger partial charge in [0.15, 0.2) is 0 Å². The molecule has 2 fully saturated rings. The van der Waals surface area contributed by atoms with Gasteiger partial charge in [-0.2, -0.15) is 0 Å².